The number of nitrogens with zero attached hydrogens (tertiary/aromatic N) is 3. The lowest BCUT2D eigenvalue weighted by Gasteiger charge is -2.44. The number of anilines is 1. The molecular formula is C22H32N4O3. The molecule has 4 aliphatic rings. The Hall–Kier alpha value is -1.86. The van der Waals surface area contributed by atoms with E-state index >= 15 is 0 Å². The van der Waals surface area contributed by atoms with E-state index < -0.39 is 0 Å². The Morgan fingerprint density at radius 3 is 2.48 bits per heavy atom. The number of nitrogens with one attached hydrogen (secondary N) is 1. The molecule has 1 amide bonds. The molecule has 1 aromatic rings. The highest BCUT2D eigenvalue weighted by Gasteiger charge is 2.39. The predicted molar refractivity (Wildman–Crippen MR) is 110 cm³/mol. The van der Waals surface area contributed by atoms with Crippen LogP contribution in [0.4, 0.5) is 5.69 Å². The highest BCUT2D eigenvalue weighted by molar-refractivity contribution is 5.78. The van der Waals surface area contributed by atoms with Crippen molar-refractivity contribution in [3.05, 3.63) is 18.3 Å². The van der Waals surface area contributed by atoms with Crippen LogP contribution in [-0.2, 0) is 9.53 Å². The Morgan fingerprint density at radius 2 is 1.90 bits per heavy atom. The number of carbonyl (C=O) groups is 1. The molecule has 1 N–H and O–H groups in total. The second kappa shape index (κ2) is 8.11. The molecule has 1 saturated carbocycles. The van der Waals surface area contributed by atoms with Crippen molar-refractivity contribution in [2.45, 2.75) is 62.7 Å². The largest absolute Gasteiger partial charge is 0.474 e. The van der Waals surface area contributed by atoms with Crippen molar-refractivity contribution in [1.82, 2.24) is 15.2 Å². The third-order valence-corrected chi connectivity index (χ3v) is 7.23. The Morgan fingerprint density at radius 1 is 1.10 bits per heavy atom. The van der Waals surface area contributed by atoms with Crippen LogP contribution in [0.3, 0.4) is 0 Å². The number of amides is 1. The third-order valence-electron chi connectivity index (χ3n) is 7.23. The minimum absolute atomic E-state index is 0.00782. The van der Waals surface area contributed by atoms with Gasteiger partial charge in [-0.2, -0.15) is 0 Å². The van der Waals surface area contributed by atoms with Crippen LogP contribution in [-0.4, -0.2) is 72.9 Å². The molecule has 0 radical (unpaired) electrons. The van der Waals surface area contributed by atoms with Gasteiger partial charge in [0.2, 0.25) is 11.8 Å². The average molecular weight is 401 g/mol. The smallest absolute Gasteiger partial charge is 0.246 e. The fourth-order valence-corrected chi connectivity index (χ4v) is 4.98. The molecule has 1 aromatic heterocycles. The van der Waals surface area contributed by atoms with E-state index in [2.05, 4.69) is 26.2 Å². The molecule has 4 fully saturated rings. The van der Waals surface area contributed by atoms with E-state index in [1.54, 1.807) is 0 Å². The number of likely N-dealkylation sites (tertiary alicyclic amines) is 1. The number of hydrogen-bond donors (Lipinski definition) is 1. The van der Waals surface area contributed by atoms with E-state index in [0.29, 0.717) is 6.54 Å². The quantitative estimate of drug-likeness (QED) is 0.834. The Kier molecular flexibility index (Phi) is 5.35. The Bertz CT molecular complexity index is 693. The van der Waals surface area contributed by atoms with Crippen LogP contribution in [0.1, 0.15) is 44.9 Å². The third kappa shape index (κ3) is 4.21. The normalized spacial score (nSPS) is 26.2. The number of piperidine rings is 2. The fourth-order valence-electron chi connectivity index (χ4n) is 4.98. The number of pyridine rings is 1. The van der Waals surface area contributed by atoms with Crippen molar-refractivity contribution in [3.63, 3.8) is 0 Å². The molecule has 4 heterocycles. The minimum Gasteiger partial charge on any atom is -0.474 e. The number of morpholine rings is 1. The molecule has 5 rings (SSSR count). The first-order valence-corrected chi connectivity index (χ1v) is 11.2. The molecule has 7 nitrogen and oxygen atoms in total. The van der Waals surface area contributed by atoms with Gasteiger partial charge in [-0.25, -0.2) is 4.98 Å². The van der Waals surface area contributed by atoms with Gasteiger partial charge in [0.05, 0.1) is 17.5 Å². The Balaban J connectivity index is 1.10. The molecular weight excluding hydrogens is 368 g/mol. The van der Waals surface area contributed by atoms with Crippen molar-refractivity contribution >= 4 is 11.6 Å². The molecule has 158 valence electrons. The summed E-state index contributed by atoms with van der Waals surface area (Å²) in [5.41, 5.74) is 0.946. The number of carbonyl (C=O) groups excluding carboxylic acids is 1. The zero-order valence-electron chi connectivity index (χ0n) is 17.1. The predicted octanol–water partition coefficient (Wildman–Crippen LogP) is 1.96. The summed E-state index contributed by atoms with van der Waals surface area (Å²) in [5, 5.41) is 2.94. The monoisotopic (exact) mass is 400 g/mol. The highest BCUT2D eigenvalue weighted by Crippen LogP contribution is 2.31. The number of hydrogen-bond acceptors (Lipinski definition) is 6. The second-order valence-corrected chi connectivity index (χ2v) is 9.03. The molecule has 0 bridgehead atoms. The topological polar surface area (TPSA) is 66.9 Å². The van der Waals surface area contributed by atoms with Crippen LogP contribution in [0.15, 0.2) is 18.3 Å². The molecule has 0 unspecified atom stereocenters. The summed E-state index contributed by atoms with van der Waals surface area (Å²) in [7, 11) is 0. The highest BCUT2D eigenvalue weighted by atomic mass is 16.5. The number of ether oxygens (including phenoxy) is 2. The molecule has 3 aliphatic heterocycles. The first-order chi connectivity index (χ1) is 14.2. The van der Waals surface area contributed by atoms with Crippen molar-refractivity contribution < 1.29 is 14.3 Å². The first kappa shape index (κ1) is 19.1. The molecule has 0 aromatic carbocycles. The van der Waals surface area contributed by atoms with Crippen molar-refractivity contribution in [2.24, 2.45) is 0 Å². The van der Waals surface area contributed by atoms with Crippen molar-refractivity contribution in [1.29, 1.82) is 0 Å². The van der Waals surface area contributed by atoms with E-state index in [-0.39, 0.29) is 24.2 Å². The molecule has 1 spiro atoms. The van der Waals surface area contributed by atoms with Crippen LogP contribution in [0.25, 0.3) is 0 Å². The van der Waals surface area contributed by atoms with Gasteiger partial charge in [0.25, 0.3) is 0 Å². The number of rotatable bonds is 4. The summed E-state index contributed by atoms with van der Waals surface area (Å²) in [6.07, 6.45) is 10.4. The van der Waals surface area contributed by atoms with Crippen LogP contribution in [0.2, 0.25) is 0 Å². The van der Waals surface area contributed by atoms with Crippen molar-refractivity contribution in [2.75, 3.05) is 44.2 Å². The van der Waals surface area contributed by atoms with Gasteiger partial charge in [-0.05, 0) is 44.6 Å². The second-order valence-electron chi connectivity index (χ2n) is 9.03. The Labute approximate surface area is 172 Å². The van der Waals surface area contributed by atoms with Gasteiger partial charge in [0, 0.05) is 44.8 Å². The van der Waals surface area contributed by atoms with Gasteiger partial charge in [-0.15, -0.1) is 0 Å². The zero-order chi connectivity index (χ0) is 19.7. The first-order valence-electron chi connectivity index (χ1n) is 11.2. The lowest BCUT2D eigenvalue weighted by molar-refractivity contribution is -0.146. The van der Waals surface area contributed by atoms with E-state index in [1.807, 2.05) is 12.3 Å². The standard InChI is InChI=1S/C22H32N4O3/c27-20-15-28-22(16-24-20)8-12-26(13-9-22)18-4-5-21(23-14-18)29-19-6-10-25(11-7-19)17-2-1-3-17/h4-5,14,17,19H,1-3,6-13,15-16H2,(H,24,27). The average Bonchev–Trinajstić information content (AvgIpc) is 2.72. The van der Waals surface area contributed by atoms with E-state index in [9.17, 15) is 4.79 Å². The lowest BCUT2D eigenvalue weighted by Crippen LogP contribution is -2.57. The van der Waals surface area contributed by atoms with Crippen LogP contribution in [0, 0.1) is 0 Å². The fraction of sp³-hybridized carbons (Fsp3) is 0.727. The van der Waals surface area contributed by atoms with E-state index in [1.165, 1.54) is 19.3 Å². The van der Waals surface area contributed by atoms with Gasteiger partial charge >= 0.3 is 0 Å². The summed E-state index contributed by atoms with van der Waals surface area (Å²) in [6.45, 7) is 4.96. The summed E-state index contributed by atoms with van der Waals surface area (Å²) in [6, 6.07) is 4.97. The van der Waals surface area contributed by atoms with E-state index in [4.69, 9.17) is 9.47 Å². The van der Waals surface area contributed by atoms with Crippen LogP contribution >= 0.6 is 0 Å². The molecule has 1 aliphatic carbocycles. The zero-order valence-corrected chi connectivity index (χ0v) is 17.1. The molecule has 29 heavy (non-hydrogen) atoms. The van der Waals surface area contributed by atoms with Crippen LogP contribution in [0.5, 0.6) is 5.88 Å². The maximum absolute atomic E-state index is 11.3. The summed E-state index contributed by atoms with van der Waals surface area (Å²) in [5.74, 6) is 0.731. The SMILES string of the molecule is O=C1COC2(CCN(c3ccc(OC4CCN(C5CCC5)CC4)nc3)CC2)CN1. The summed E-state index contributed by atoms with van der Waals surface area (Å²) >= 11 is 0. The molecule has 0 atom stereocenters. The number of aromatic nitrogens is 1. The minimum atomic E-state index is -0.185. The maximum Gasteiger partial charge on any atom is 0.246 e. The maximum atomic E-state index is 11.3. The molecule has 7 heteroatoms. The van der Waals surface area contributed by atoms with Crippen LogP contribution < -0.4 is 15.0 Å². The van der Waals surface area contributed by atoms with Crippen molar-refractivity contribution in [3.8, 4) is 5.88 Å². The van der Waals surface area contributed by atoms with Gasteiger partial charge in [-0.1, -0.05) is 6.42 Å². The molecule has 3 saturated heterocycles. The van der Waals surface area contributed by atoms with Gasteiger partial charge in [0.15, 0.2) is 0 Å². The van der Waals surface area contributed by atoms with Gasteiger partial charge < -0.3 is 24.6 Å². The summed E-state index contributed by atoms with van der Waals surface area (Å²) < 4.78 is 12.0. The van der Waals surface area contributed by atoms with Gasteiger partial charge in [0.1, 0.15) is 12.7 Å². The van der Waals surface area contributed by atoms with E-state index in [0.717, 1.165) is 69.5 Å². The summed E-state index contributed by atoms with van der Waals surface area (Å²) in [4.78, 5) is 20.9. The van der Waals surface area contributed by atoms with Gasteiger partial charge in [-0.3, -0.25) is 4.79 Å². The lowest BCUT2D eigenvalue weighted by atomic mass is 9.90.